The Bertz CT molecular complexity index is 768. The van der Waals surface area contributed by atoms with E-state index in [-0.39, 0.29) is 18.8 Å². The van der Waals surface area contributed by atoms with Gasteiger partial charge in [-0.3, -0.25) is 9.59 Å². The van der Waals surface area contributed by atoms with Gasteiger partial charge in [-0.15, -0.1) is 0 Å². The van der Waals surface area contributed by atoms with Crippen LogP contribution in [0.3, 0.4) is 0 Å². The lowest BCUT2D eigenvalue weighted by atomic mass is 10.3. The Balaban J connectivity index is 1.77. The molecule has 2 amide bonds. The number of amides is 2. The predicted octanol–water partition coefficient (Wildman–Crippen LogP) is 2.11. The van der Waals surface area contributed by atoms with Crippen molar-refractivity contribution < 1.29 is 27.8 Å². The Labute approximate surface area is 142 Å². The number of para-hydroxylation sites is 2. The lowest BCUT2D eigenvalue weighted by Gasteiger charge is -2.10. The van der Waals surface area contributed by atoms with Crippen LogP contribution >= 0.6 is 0 Å². The van der Waals surface area contributed by atoms with E-state index in [0.29, 0.717) is 11.5 Å². The molecule has 0 fully saturated rings. The normalized spacial score (nSPS) is 10.0. The molecule has 6 nitrogen and oxygen atoms in total. The number of nitrogens with one attached hydrogen (secondary N) is 2. The Morgan fingerprint density at radius 1 is 1.00 bits per heavy atom. The van der Waals surface area contributed by atoms with E-state index in [1.165, 1.54) is 13.2 Å². The molecular weight excluding hydrogens is 334 g/mol. The highest BCUT2D eigenvalue weighted by Gasteiger charge is 2.10. The minimum atomic E-state index is -1.08. The first kappa shape index (κ1) is 18.2. The molecule has 0 spiro atoms. The van der Waals surface area contributed by atoms with Crippen LogP contribution in [0, 0.1) is 11.6 Å². The SMILES string of the molecule is COc1ccccc1OCC(=O)NCC(=O)Nc1ccc(F)c(F)c1. The highest BCUT2D eigenvalue weighted by Crippen LogP contribution is 2.25. The molecular formula is C17H16F2N2O4. The Hall–Kier alpha value is -3.16. The number of hydrogen-bond donors (Lipinski definition) is 2. The van der Waals surface area contributed by atoms with E-state index in [1.807, 2.05) is 0 Å². The van der Waals surface area contributed by atoms with Crippen molar-refractivity contribution in [1.29, 1.82) is 0 Å². The van der Waals surface area contributed by atoms with Crippen LogP contribution in [0.2, 0.25) is 0 Å². The van der Waals surface area contributed by atoms with Crippen LogP contribution in [-0.2, 0) is 9.59 Å². The van der Waals surface area contributed by atoms with Crippen LogP contribution < -0.4 is 20.1 Å². The fraction of sp³-hybridized carbons (Fsp3) is 0.176. The lowest BCUT2D eigenvalue weighted by molar-refractivity contribution is -0.125. The Morgan fingerprint density at radius 2 is 1.72 bits per heavy atom. The van der Waals surface area contributed by atoms with Crippen molar-refractivity contribution >= 4 is 17.5 Å². The van der Waals surface area contributed by atoms with Crippen molar-refractivity contribution in [2.45, 2.75) is 0 Å². The number of benzene rings is 2. The van der Waals surface area contributed by atoms with Gasteiger partial charge < -0.3 is 20.1 Å². The largest absolute Gasteiger partial charge is 0.493 e. The summed E-state index contributed by atoms with van der Waals surface area (Å²) in [4.78, 5) is 23.4. The molecule has 2 aromatic rings. The van der Waals surface area contributed by atoms with Crippen LogP contribution in [0.1, 0.15) is 0 Å². The summed E-state index contributed by atoms with van der Waals surface area (Å²) in [7, 11) is 1.48. The summed E-state index contributed by atoms with van der Waals surface area (Å²) in [6, 6.07) is 9.76. The summed E-state index contributed by atoms with van der Waals surface area (Å²) in [6.07, 6.45) is 0. The lowest BCUT2D eigenvalue weighted by Crippen LogP contribution is -2.35. The first-order chi connectivity index (χ1) is 12.0. The summed E-state index contributed by atoms with van der Waals surface area (Å²) < 4.78 is 36.2. The molecule has 2 aromatic carbocycles. The van der Waals surface area contributed by atoms with Crippen molar-refractivity contribution in [1.82, 2.24) is 5.32 Å². The minimum Gasteiger partial charge on any atom is -0.493 e. The number of rotatable bonds is 7. The third kappa shape index (κ3) is 5.45. The highest BCUT2D eigenvalue weighted by atomic mass is 19.2. The number of anilines is 1. The van der Waals surface area contributed by atoms with Crippen LogP contribution in [0.15, 0.2) is 42.5 Å². The van der Waals surface area contributed by atoms with Gasteiger partial charge in [0.1, 0.15) is 0 Å². The average Bonchev–Trinajstić information content (AvgIpc) is 2.61. The molecule has 8 heteroatoms. The first-order valence-corrected chi connectivity index (χ1v) is 7.27. The van der Waals surface area contributed by atoms with Gasteiger partial charge in [-0.2, -0.15) is 0 Å². The van der Waals surface area contributed by atoms with E-state index in [2.05, 4.69) is 10.6 Å². The van der Waals surface area contributed by atoms with E-state index in [1.54, 1.807) is 24.3 Å². The van der Waals surface area contributed by atoms with Crippen LogP contribution in [0.25, 0.3) is 0 Å². The molecule has 0 radical (unpaired) electrons. The number of carbonyl (C=O) groups excluding carboxylic acids is 2. The van der Waals surface area contributed by atoms with Gasteiger partial charge in [-0.1, -0.05) is 12.1 Å². The number of methoxy groups -OCH3 is 1. The maximum Gasteiger partial charge on any atom is 0.258 e. The van der Waals surface area contributed by atoms with E-state index in [4.69, 9.17) is 9.47 Å². The zero-order valence-corrected chi connectivity index (χ0v) is 13.3. The molecule has 0 aromatic heterocycles. The smallest absolute Gasteiger partial charge is 0.258 e. The van der Waals surface area contributed by atoms with Gasteiger partial charge in [0.15, 0.2) is 29.7 Å². The monoisotopic (exact) mass is 350 g/mol. The molecule has 0 aliphatic heterocycles. The quantitative estimate of drug-likeness (QED) is 0.802. The third-order valence-electron chi connectivity index (χ3n) is 3.08. The van der Waals surface area contributed by atoms with Crippen LogP contribution in [0.5, 0.6) is 11.5 Å². The first-order valence-electron chi connectivity index (χ1n) is 7.27. The minimum absolute atomic E-state index is 0.0865. The fourth-order valence-electron chi connectivity index (χ4n) is 1.89. The Kier molecular flexibility index (Phi) is 6.27. The molecule has 0 atom stereocenters. The fourth-order valence-corrected chi connectivity index (χ4v) is 1.89. The summed E-state index contributed by atoms with van der Waals surface area (Å²) in [6.45, 7) is -0.647. The molecule has 2 N–H and O–H groups in total. The molecule has 0 unspecified atom stereocenters. The van der Waals surface area contributed by atoms with Crippen molar-refractivity contribution in [3.63, 3.8) is 0 Å². The molecule has 0 heterocycles. The molecule has 25 heavy (non-hydrogen) atoms. The molecule has 0 saturated heterocycles. The maximum atomic E-state index is 13.0. The molecule has 0 aliphatic carbocycles. The third-order valence-corrected chi connectivity index (χ3v) is 3.08. The summed E-state index contributed by atoms with van der Waals surface area (Å²) in [5, 5.41) is 4.69. The van der Waals surface area contributed by atoms with Gasteiger partial charge in [-0.05, 0) is 24.3 Å². The zero-order valence-electron chi connectivity index (χ0n) is 13.3. The van der Waals surface area contributed by atoms with Gasteiger partial charge in [-0.25, -0.2) is 8.78 Å². The molecule has 0 aliphatic rings. The molecule has 0 saturated carbocycles. The van der Waals surface area contributed by atoms with Gasteiger partial charge >= 0.3 is 0 Å². The summed E-state index contributed by atoms with van der Waals surface area (Å²) >= 11 is 0. The van der Waals surface area contributed by atoms with E-state index >= 15 is 0 Å². The van der Waals surface area contributed by atoms with Crippen molar-refractivity contribution in [3.8, 4) is 11.5 Å². The van der Waals surface area contributed by atoms with Gasteiger partial charge in [0, 0.05) is 11.8 Å². The predicted molar refractivity (Wildman–Crippen MR) is 86.5 cm³/mol. The molecule has 2 rings (SSSR count). The second kappa shape index (κ2) is 8.62. The van der Waals surface area contributed by atoms with Crippen LogP contribution in [0.4, 0.5) is 14.5 Å². The Morgan fingerprint density at radius 3 is 2.40 bits per heavy atom. The zero-order chi connectivity index (χ0) is 18.2. The number of hydrogen-bond acceptors (Lipinski definition) is 4. The van der Waals surface area contributed by atoms with Gasteiger partial charge in [0.25, 0.3) is 5.91 Å². The van der Waals surface area contributed by atoms with E-state index in [0.717, 1.165) is 12.1 Å². The van der Waals surface area contributed by atoms with Gasteiger partial charge in [0.2, 0.25) is 5.91 Å². The number of halogens is 2. The standard InChI is InChI=1S/C17H16F2N2O4/c1-24-14-4-2-3-5-15(14)25-10-17(23)20-9-16(22)21-11-6-7-12(18)13(19)8-11/h2-8H,9-10H2,1H3,(H,20,23)(H,21,22). The second-order valence-electron chi connectivity index (χ2n) is 4.89. The molecule has 0 bridgehead atoms. The summed E-state index contributed by atoms with van der Waals surface area (Å²) in [5.41, 5.74) is 0.0865. The average molecular weight is 350 g/mol. The van der Waals surface area contributed by atoms with Crippen molar-refractivity contribution in [3.05, 3.63) is 54.1 Å². The maximum absolute atomic E-state index is 13.0. The van der Waals surface area contributed by atoms with E-state index < -0.39 is 23.4 Å². The number of carbonyl (C=O) groups is 2. The number of ether oxygens (including phenoxy) is 2. The van der Waals surface area contributed by atoms with Gasteiger partial charge in [0.05, 0.1) is 13.7 Å². The van der Waals surface area contributed by atoms with Crippen molar-refractivity contribution in [2.24, 2.45) is 0 Å². The summed E-state index contributed by atoms with van der Waals surface area (Å²) in [5.74, 6) is -2.33. The topological polar surface area (TPSA) is 76.7 Å². The highest BCUT2D eigenvalue weighted by molar-refractivity contribution is 5.94. The van der Waals surface area contributed by atoms with E-state index in [9.17, 15) is 18.4 Å². The van der Waals surface area contributed by atoms with Crippen molar-refractivity contribution in [2.75, 3.05) is 25.6 Å². The molecule has 132 valence electrons. The van der Waals surface area contributed by atoms with Crippen LogP contribution in [-0.4, -0.2) is 32.1 Å². The second-order valence-corrected chi connectivity index (χ2v) is 4.89.